The molecule has 2 rings (SSSR count). The molecule has 18 heavy (non-hydrogen) atoms. The van der Waals surface area contributed by atoms with Crippen LogP contribution >= 0.6 is 0 Å². The van der Waals surface area contributed by atoms with Crippen LogP contribution in [-0.4, -0.2) is 14.9 Å². The van der Waals surface area contributed by atoms with Crippen molar-refractivity contribution in [1.82, 2.24) is 9.97 Å². The van der Waals surface area contributed by atoms with E-state index in [1.54, 1.807) is 12.1 Å². The fourth-order valence-electron chi connectivity index (χ4n) is 1.30. The molecule has 0 saturated carbocycles. The van der Waals surface area contributed by atoms with Crippen molar-refractivity contribution < 1.29 is 9.66 Å². The zero-order valence-electron chi connectivity index (χ0n) is 9.53. The van der Waals surface area contributed by atoms with Crippen LogP contribution in [-0.2, 0) is 0 Å². The van der Waals surface area contributed by atoms with Crippen LogP contribution in [0.2, 0.25) is 0 Å². The molecular formula is C11H10N4O3. The summed E-state index contributed by atoms with van der Waals surface area (Å²) < 4.78 is 5.35. The zero-order valence-corrected chi connectivity index (χ0v) is 9.53. The van der Waals surface area contributed by atoms with Gasteiger partial charge in [-0.1, -0.05) is 0 Å². The van der Waals surface area contributed by atoms with Crippen molar-refractivity contribution in [2.45, 2.75) is 6.92 Å². The van der Waals surface area contributed by atoms with Gasteiger partial charge in [-0.15, -0.1) is 0 Å². The molecule has 2 aromatic rings. The van der Waals surface area contributed by atoms with E-state index in [-0.39, 0.29) is 17.4 Å². The Balaban J connectivity index is 2.28. The van der Waals surface area contributed by atoms with Crippen molar-refractivity contribution in [2.75, 3.05) is 5.73 Å². The Bertz CT molecular complexity index is 583. The third-order valence-electron chi connectivity index (χ3n) is 2.12. The highest BCUT2D eigenvalue weighted by molar-refractivity contribution is 5.46. The third kappa shape index (κ3) is 2.70. The Morgan fingerprint density at radius 1 is 1.39 bits per heavy atom. The van der Waals surface area contributed by atoms with Gasteiger partial charge in [0.15, 0.2) is 0 Å². The van der Waals surface area contributed by atoms with Crippen LogP contribution in [0.25, 0.3) is 0 Å². The standard InChI is InChI=1S/C11H10N4O3/c1-7-2-3-9(6-13-7)18-11-5-8(15(16)17)4-10(12)14-11/h2-6H,1H3,(H2,12,14). The normalized spacial score (nSPS) is 10.1. The molecule has 0 bridgehead atoms. The van der Waals surface area contributed by atoms with E-state index >= 15 is 0 Å². The average molecular weight is 246 g/mol. The van der Waals surface area contributed by atoms with Gasteiger partial charge in [0.05, 0.1) is 23.3 Å². The molecule has 2 N–H and O–H groups in total. The van der Waals surface area contributed by atoms with Crippen LogP contribution in [0.1, 0.15) is 5.69 Å². The SMILES string of the molecule is Cc1ccc(Oc2cc([N+](=O)[O-])cc(N)n2)cn1. The Kier molecular flexibility index (Phi) is 3.05. The van der Waals surface area contributed by atoms with Gasteiger partial charge in [0.2, 0.25) is 5.88 Å². The van der Waals surface area contributed by atoms with Gasteiger partial charge in [-0.25, -0.2) is 0 Å². The number of pyridine rings is 2. The quantitative estimate of drug-likeness (QED) is 0.656. The summed E-state index contributed by atoms with van der Waals surface area (Å²) in [4.78, 5) is 18.0. The minimum absolute atomic E-state index is 0.0271. The van der Waals surface area contributed by atoms with Gasteiger partial charge in [-0.2, -0.15) is 4.98 Å². The van der Waals surface area contributed by atoms with Crippen molar-refractivity contribution in [2.24, 2.45) is 0 Å². The molecule has 0 amide bonds. The minimum Gasteiger partial charge on any atom is -0.437 e. The molecule has 2 heterocycles. The lowest BCUT2D eigenvalue weighted by Gasteiger charge is -2.05. The molecule has 0 fully saturated rings. The van der Waals surface area contributed by atoms with Crippen molar-refractivity contribution in [3.05, 3.63) is 46.3 Å². The molecule has 0 aliphatic heterocycles. The molecule has 0 aromatic carbocycles. The molecule has 0 unspecified atom stereocenters. The summed E-state index contributed by atoms with van der Waals surface area (Å²) in [5, 5.41) is 10.7. The maximum Gasteiger partial charge on any atom is 0.278 e. The predicted octanol–water partition coefficient (Wildman–Crippen LogP) is 2.07. The summed E-state index contributed by atoms with van der Waals surface area (Å²) in [5.74, 6) is 0.527. The molecule has 0 saturated heterocycles. The lowest BCUT2D eigenvalue weighted by Crippen LogP contribution is -1.97. The Hall–Kier alpha value is -2.70. The van der Waals surface area contributed by atoms with E-state index in [9.17, 15) is 10.1 Å². The topological polar surface area (TPSA) is 104 Å². The molecule has 0 aliphatic rings. The molecule has 7 nitrogen and oxygen atoms in total. The number of hydrogen-bond donors (Lipinski definition) is 1. The number of hydrogen-bond acceptors (Lipinski definition) is 6. The predicted molar refractivity (Wildman–Crippen MR) is 64.4 cm³/mol. The van der Waals surface area contributed by atoms with Crippen LogP contribution < -0.4 is 10.5 Å². The smallest absolute Gasteiger partial charge is 0.278 e. The van der Waals surface area contributed by atoms with E-state index in [1.165, 1.54) is 18.3 Å². The Morgan fingerprint density at radius 2 is 2.17 bits per heavy atom. The van der Waals surface area contributed by atoms with Crippen LogP contribution in [0.3, 0.4) is 0 Å². The number of nitrogen functional groups attached to an aromatic ring is 1. The first-order chi connectivity index (χ1) is 8.54. The van der Waals surface area contributed by atoms with Crippen LogP contribution in [0.4, 0.5) is 11.5 Å². The Morgan fingerprint density at radius 3 is 2.78 bits per heavy atom. The highest BCUT2D eigenvalue weighted by Gasteiger charge is 2.11. The van der Waals surface area contributed by atoms with E-state index in [4.69, 9.17) is 10.5 Å². The molecule has 7 heteroatoms. The van der Waals surface area contributed by atoms with Crippen LogP contribution in [0.15, 0.2) is 30.5 Å². The fourth-order valence-corrected chi connectivity index (χ4v) is 1.30. The molecule has 0 aliphatic carbocycles. The summed E-state index contributed by atoms with van der Waals surface area (Å²) in [7, 11) is 0. The summed E-state index contributed by atoms with van der Waals surface area (Å²) in [5.41, 5.74) is 6.14. The van der Waals surface area contributed by atoms with Gasteiger partial charge in [0, 0.05) is 5.69 Å². The summed E-state index contributed by atoms with van der Waals surface area (Å²) >= 11 is 0. The lowest BCUT2D eigenvalue weighted by molar-refractivity contribution is -0.384. The van der Waals surface area contributed by atoms with Crippen LogP contribution in [0, 0.1) is 17.0 Å². The van der Waals surface area contributed by atoms with Crippen molar-refractivity contribution in [1.29, 1.82) is 0 Å². The number of aryl methyl sites for hydroxylation is 1. The fraction of sp³-hybridized carbons (Fsp3) is 0.0909. The summed E-state index contributed by atoms with van der Waals surface area (Å²) in [6.07, 6.45) is 1.51. The number of ether oxygens (including phenoxy) is 1. The van der Waals surface area contributed by atoms with E-state index < -0.39 is 4.92 Å². The molecule has 0 radical (unpaired) electrons. The summed E-state index contributed by atoms with van der Waals surface area (Å²) in [6, 6.07) is 5.82. The summed E-state index contributed by atoms with van der Waals surface area (Å²) in [6.45, 7) is 1.84. The van der Waals surface area contributed by atoms with E-state index in [1.807, 2.05) is 6.92 Å². The molecule has 0 spiro atoms. The van der Waals surface area contributed by atoms with Gasteiger partial charge < -0.3 is 10.5 Å². The molecule has 0 atom stereocenters. The third-order valence-corrected chi connectivity index (χ3v) is 2.12. The average Bonchev–Trinajstić information content (AvgIpc) is 2.31. The molecule has 92 valence electrons. The lowest BCUT2D eigenvalue weighted by atomic mass is 10.3. The second-order valence-corrected chi connectivity index (χ2v) is 3.58. The Labute approximate surface area is 102 Å². The highest BCUT2D eigenvalue weighted by Crippen LogP contribution is 2.24. The monoisotopic (exact) mass is 246 g/mol. The van der Waals surface area contributed by atoms with E-state index in [0.29, 0.717) is 5.75 Å². The molecule has 2 aromatic heterocycles. The van der Waals surface area contributed by atoms with Crippen molar-refractivity contribution in [3.63, 3.8) is 0 Å². The number of rotatable bonds is 3. The molecular weight excluding hydrogens is 236 g/mol. The van der Waals surface area contributed by atoms with Gasteiger partial charge in [0.25, 0.3) is 5.69 Å². The van der Waals surface area contributed by atoms with E-state index in [0.717, 1.165) is 5.69 Å². The number of nitrogens with zero attached hydrogens (tertiary/aromatic N) is 3. The number of anilines is 1. The van der Waals surface area contributed by atoms with Gasteiger partial charge in [-0.05, 0) is 19.1 Å². The first-order valence-electron chi connectivity index (χ1n) is 5.07. The number of aromatic nitrogens is 2. The maximum atomic E-state index is 10.7. The second-order valence-electron chi connectivity index (χ2n) is 3.58. The first kappa shape index (κ1) is 11.8. The highest BCUT2D eigenvalue weighted by atomic mass is 16.6. The largest absolute Gasteiger partial charge is 0.437 e. The van der Waals surface area contributed by atoms with Gasteiger partial charge in [0.1, 0.15) is 11.6 Å². The number of nitro groups is 1. The number of nitrogens with two attached hydrogens (primary N) is 1. The van der Waals surface area contributed by atoms with Crippen molar-refractivity contribution >= 4 is 11.5 Å². The van der Waals surface area contributed by atoms with Crippen LogP contribution in [0.5, 0.6) is 11.6 Å². The van der Waals surface area contributed by atoms with E-state index in [2.05, 4.69) is 9.97 Å². The maximum absolute atomic E-state index is 10.7. The minimum atomic E-state index is -0.557. The first-order valence-corrected chi connectivity index (χ1v) is 5.07. The van der Waals surface area contributed by atoms with Gasteiger partial charge >= 0.3 is 0 Å². The van der Waals surface area contributed by atoms with Gasteiger partial charge in [-0.3, -0.25) is 15.1 Å². The van der Waals surface area contributed by atoms with Crippen molar-refractivity contribution in [3.8, 4) is 11.6 Å². The second kappa shape index (κ2) is 4.66. The zero-order chi connectivity index (χ0) is 13.1.